The van der Waals surface area contributed by atoms with E-state index in [2.05, 4.69) is 22.8 Å². The molecule has 1 aliphatic carbocycles. The predicted molar refractivity (Wildman–Crippen MR) is 123 cm³/mol. The molecule has 3 N–H and O–H groups in total. The van der Waals surface area contributed by atoms with Crippen molar-refractivity contribution in [1.29, 1.82) is 0 Å². The minimum absolute atomic E-state index is 0.0727. The standard InChI is InChI=1S/C25H30N2O6/c1-15(2)22(23(28)26-13-12-21(32-3)24(29)30)27-25(31)33-14-20-18-10-6-4-8-16(18)17-9-5-7-11-19(17)20/h4-11,15,20-22H,12-14H2,1-3H3,(H,26,28)(H,27,31)(H,29,30). The Kier molecular flexibility index (Phi) is 8.06. The van der Waals surface area contributed by atoms with Crippen molar-refractivity contribution in [3.63, 3.8) is 0 Å². The molecule has 0 spiro atoms. The van der Waals surface area contributed by atoms with Gasteiger partial charge in [0.05, 0.1) is 0 Å². The molecule has 0 radical (unpaired) electrons. The largest absolute Gasteiger partial charge is 0.479 e. The van der Waals surface area contributed by atoms with Gasteiger partial charge < -0.3 is 25.2 Å². The van der Waals surface area contributed by atoms with E-state index in [-0.39, 0.29) is 31.4 Å². The molecule has 0 aromatic heterocycles. The molecule has 1 aliphatic rings. The third-order valence-corrected chi connectivity index (χ3v) is 5.83. The van der Waals surface area contributed by atoms with Gasteiger partial charge in [-0.05, 0) is 28.2 Å². The van der Waals surface area contributed by atoms with E-state index in [1.54, 1.807) is 0 Å². The summed E-state index contributed by atoms with van der Waals surface area (Å²) in [6, 6.07) is 15.3. The Morgan fingerprint density at radius 3 is 2.09 bits per heavy atom. The lowest BCUT2D eigenvalue weighted by Crippen LogP contribution is -2.50. The van der Waals surface area contributed by atoms with E-state index < -0.39 is 30.1 Å². The van der Waals surface area contributed by atoms with Crippen LogP contribution in [-0.2, 0) is 19.1 Å². The normalized spacial score (nSPS) is 14.2. The zero-order chi connectivity index (χ0) is 24.0. The molecule has 2 aromatic carbocycles. The summed E-state index contributed by atoms with van der Waals surface area (Å²) in [6.45, 7) is 3.88. The molecule has 176 valence electrons. The summed E-state index contributed by atoms with van der Waals surface area (Å²) in [5.74, 6) is -1.76. The Bertz CT molecular complexity index is 960. The minimum atomic E-state index is -1.09. The van der Waals surface area contributed by atoms with Gasteiger partial charge in [-0.25, -0.2) is 9.59 Å². The second-order valence-electron chi connectivity index (χ2n) is 8.33. The molecule has 0 fully saturated rings. The number of rotatable bonds is 10. The molecule has 0 aliphatic heterocycles. The predicted octanol–water partition coefficient (Wildman–Crippen LogP) is 3.16. The average molecular weight is 455 g/mol. The molecule has 2 aromatic rings. The highest BCUT2D eigenvalue weighted by Gasteiger charge is 2.30. The number of nitrogens with one attached hydrogen (secondary N) is 2. The summed E-state index contributed by atoms with van der Waals surface area (Å²) in [6.07, 6.45) is -1.56. The van der Waals surface area contributed by atoms with Gasteiger partial charge in [0.2, 0.25) is 5.91 Å². The molecule has 2 amide bonds. The molecule has 33 heavy (non-hydrogen) atoms. The van der Waals surface area contributed by atoms with Crippen molar-refractivity contribution >= 4 is 18.0 Å². The van der Waals surface area contributed by atoms with Gasteiger partial charge in [-0.2, -0.15) is 0 Å². The highest BCUT2D eigenvalue weighted by Crippen LogP contribution is 2.44. The second-order valence-corrected chi connectivity index (χ2v) is 8.33. The molecule has 0 heterocycles. The minimum Gasteiger partial charge on any atom is -0.479 e. The number of hydrogen-bond donors (Lipinski definition) is 3. The first-order chi connectivity index (χ1) is 15.8. The van der Waals surface area contributed by atoms with Gasteiger partial charge in [-0.3, -0.25) is 4.79 Å². The Balaban J connectivity index is 1.57. The fraction of sp³-hybridized carbons (Fsp3) is 0.400. The lowest BCUT2D eigenvalue weighted by molar-refractivity contribution is -0.149. The van der Waals surface area contributed by atoms with Crippen molar-refractivity contribution in [3.05, 3.63) is 59.7 Å². The van der Waals surface area contributed by atoms with Crippen LogP contribution in [0.25, 0.3) is 11.1 Å². The summed E-state index contributed by atoms with van der Waals surface area (Å²) in [4.78, 5) is 36.1. The number of carbonyl (C=O) groups is 3. The third kappa shape index (κ3) is 5.70. The molecule has 2 atom stereocenters. The van der Waals surface area contributed by atoms with Crippen LogP contribution in [-0.4, -0.2) is 55.5 Å². The van der Waals surface area contributed by atoms with Crippen molar-refractivity contribution in [3.8, 4) is 11.1 Å². The number of methoxy groups -OCH3 is 1. The SMILES string of the molecule is COC(CCNC(=O)C(NC(=O)OCC1c2ccccc2-c2ccccc21)C(C)C)C(=O)O. The van der Waals surface area contributed by atoms with E-state index in [0.29, 0.717) is 0 Å². The maximum absolute atomic E-state index is 12.6. The van der Waals surface area contributed by atoms with Crippen LogP contribution in [0.2, 0.25) is 0 Å². The number of amides is 2. The summed E-state index contributed by atoms with van der Waals surface area (Å²) >= 11 is 0. The fourth-order valence-electron chi connectivity index (χ4n) is 4.08. The van der Waals surface area contributed by atoms with Crippen molar-refractivity contribution in [2.45, 2.75) is 38.3 Å². The second kappa shape index (κ2) is 11.0. The highest BCUT2D eigenvalue weighted by atomic mass is 16.5. The summed E-state index contributed by atoms with van der Waals surface area (Å²) in [5, 5.41) is 14.3. The van der Waals surface area contributed by atoms with Gasteiger partial charge in [0.25, 0.3) is 0 Å². The van der Waals surface area contributed by atoms with E-state index in [4.69, 9.17) is 14.6 Å². The number of hydrogen-bond acceptors (Lipinski definition) is 5. The number of fused-ring (bicyclic) bond motifs is 3. The van der Waals surface area contributed by atoms with Crippen molar-refractivity contribution < 1.29 is 29.0 Å². The monoisotopic (exact) mass is 454 g/mol. The quantitative estimate of drug-likeness (QED) is 0.508. The van der Waals surface area contributed by atoms with Gasteiger partial charge in [0.1, 0.15) is 12.6 Å². The topological polar surface area (TPSA) is 114 Å². The van der Waals surface area contributed by atoms with Crippen LogP contribution in [0.1, 0.15) is 37.3 Å². The van der Waals surface area contributed by atoms with Crippen LogP contribution < -0.4 is 10.6 Å². The number of aliphatic carboxylic acids is 1. The van der Waals surface area contributed by atoms with Gasteiger partial charge in [-0.1, -0.05) is 62.4 Å². The van der Waals surface area contributed by atoms with Crippen LogP contribution in [0.5, 0.6) is 0 Å². The fourth-order valence-corrected chi connectivity index (χ4v) is 4.08. The first-order valence-electron chi connectivity index (χ1n) is 11.0. The van der Waals surface area contributed by atoms with E-state index in [1.165, 1.54) is 7.11 Å². The zero-order valence-electron chi connectivity index (χ0n) is 19.0. The summed E-state index contributed by atoms with van der Waals surface area (Å²) < 4.78 is 10.4. The first kappa shape index (κ1) is 24.3. The van der Waals surface area contributed by atoms with E-state index >= 15 is 0 Å². The van der Waals surface area contributed by atoms with E-state index in [0.717, 1.165) is 22.3 Å². The lowest BCUT2D eigenvalue weighted by atomic mass is 9.98. The number of carboxylic acid groups (broad SMARTS) is 1. The van der Waals surface area contributed by atoms with Crippen molar-refractivity contribution in [2.75, 3.05) is 20.3 Å². The Labute approximate surface area is 193 Å². The molecule has 0 saturated heterocycles. The average Bonchev–Trinajstić information content (AvgIpc) is 3.12. The van der Waals surface area contributed by atoms with E-state index in [9.17, 15) is 14.4 Å². The molecule has 3 rings (SSSR count). The molecule has 0 saturated carbocycles. The number of carboxylic acids is 1. The number of ether oxygens (including phenoxy) is 2. The van der Waals surface area contributed by atoms with Crippen LogP contribution >= 0.6 is 0 Å². The third-order valence-electron chi connectivity index (χ3n) is 5.83. The summed E-state index contributed by atoms with van der Waals surface area (Å²) in [7, 11) is 1.30. The molecule has 2 unspecified atom stereocenters. The number of benzene rings is 2. The highest BCUT2D eigenvalue weighted by molar-refractivity contribution is 5.86. The molecule has 8 heteroatoms. The van der Waals surface area contributed by atoms with Crippen molar-refractivity contribution in [1.82, 2.24) is 10.6 Å². The van der Waals surface area contributed by atoms with Gasteiger partial charge in [0, 0.05) is 26.0 Å². The van der Waals surface area contributed by atoms with Gasteiger partial charge in [-0.15, -0.1) is 0 Å². The number of alkyl carbamates (subject to hydrolysis) is 1. The molecule has 0 bridgehead atoms. The lowest BCUT2D eigenvalue weighted by Gasteiger charge is -2.22. The molecular formula is C25H30N2O6. The maximum atomic E-state index is 12.6. The van der Waals surface area contributed by atoms with E-state index in [1.807, 2.05) is 50.2 Å². The Hall–Kier alpha value is -3.39. The Morgan fingerprint density at radius 2 is 1.58 bits per heavy atom. The number of carbonyl (C=O) groups excluding carboxylic acids is 2. The van der Waals surface area contributed by atoms with Crippen LogP contribution in [0.3, 0.4) is 0 Å². The maximum Gasteiger partial charge on any atom is 0.407 e. The van der Waals surface area contributed by atoms with Crippen molar-refractivity contribution in [2.24, 2.45) is 5.92 Å². The Morgan fingerprint density at radius 1 is 1.00 bits per heavy atom. The van der Waals surface area contributed by atoms with Gasteiger partial charge in [0.15, 0.2) is 6.10 Å². The first-order valence-corrected chi connectivity index (χ1v) is 11.0. The molecular weight excluding hydrogens is 424 g/mol. The van der Waals surface area contributed by atoms with Gasteiger partial charge >= 0.3 is 12.1 Å². The summed E-state index contributed by atoms with van der Waals surface area (Å²) in [5.41, 5.74) is 4.49. The zero-order valence-corrected chi connectivity index (χ0v) is 19.0. The van der Waals surface area contributed by atoms with Crippen LogP contribution in [0, 0.1) is 5.92 Å². The smallest absolute Gasteiger partial charge is 0.407 e. The van der Waals surface area contributed by atoms with Crippen LogP contribution in [0.4, 0.5) is 4.79 Å². The molecule has 8 nitrogen and oxygen atoms in total. The van der Waals surface area contributed by atoms with Crippen LogP contribution in [0.15, 0.2) is 48.5 Å².